The topological polar surface area (TPSA) is 92.3 Å². The zero-order chi connectivity index (χ0) is 19.7. The van der Waals surface area contributed by atoms with Crippen molar-refractivity contribution in [3.63, 3.8) is 0 Å². The van der Waals surface area contributed by atoms with Gasteiger partial charge in [0.2, 0.25) is 0 Å². The molecule has 0 atom stereocenters. The van der Waals surface area contributed by atoms with E-state index in [2.05, 4.69) is 9.44 Å². The van der Waals surface area contributed by atoms with Gasteiger partial charge in [0.25, 0.3) is 20.0 Å². The first-order chi connectivity index (χ1) is 12.7. The van der Waals surface area contributed by atoms with Crippen molar-refractivity contribution in [3.8, 4) is 0 Å². The van der Waals surface area contributed by atoms with Gasteiger partial charge in [-0.25, -0.2) is 16.8 Å². The Morgan fingerprint density at radius 2 is 1.26 bits per heavy atom. The summed E-state index contributed by atoms with van der Waals surface area (Å²) >= 11 is 6.72. The summed E-state index contributed by atoms with van der Waals surface area (Å²) in [5.41, 5.74) is 1.58. The summed E-state index contributed by atoms with van der Waals surface area (Å²) in [4.78, 5) is 0.146. The molecule has 6 nitrogen and oxygen atoms in total. The number of anilines is 2. The molecule has 27 heavy (non-hydrogen) atoms. The van der Waals surface area contributed by atoms with E-state index < -0.39 is 20.0 Å². The first kappa shape index (κ1) is 19.7. The second-order valence-electron chi connectivity index (χ2n) is 5.66. The minimum absolute atomic E-state index is 0.0941. The number of aryl methyl sites for hydroxylation is 1. The van der Waals surface area contributed by atoms with Crippen molar-refractivity contribution < 1.29 is 16.8 Å². The summed E-state index contributed by atoms with van der Waals surface area (Å²) in [7, 11) is -7.46. The second-order valence-corrected chi connectivity index (χ2v) is 11.0. The molecule has 2 aromatic carbocycles. The molecular weight excluding hydrogens is 428 g/mol. The third-order valence-corrected chi connectivity index (χ3v) is 8.04. The van der Waals surface area contributed by atoms with Crippen LogP contribution in [0.3, 0.4) is 0 Å². The maximum atomic E-state index is 12.4. The fourth-order valence-corrected chi connectivity index (χ4v) is 5.79. The first-order valence-electron chi connectivity index (χ1n) is 7.63. The van der Waals surface area contributed by atoms with Crippen LogP contribution in [0, 0.1) is 6.92 Å². The smallest absolute Gasteiger partial charge is 0.271 e. The summed E-state index contributed by atoms with van der Waals surface area (Å²) in [6.07, 6.45) is 0. The molecule has 0 radical (unpaired) electrons. The highest BCUT2D eigenvalue weighted by molar-refractivity contribution is 7.94. The molecule has 0 aliphatic heterocycles. The van der Waals surface area contributed by atoms with Crippen LogP contribution in [0.1, 0.15) is 5.56 Å². The Balaban J connectivity index is 1.74. The monoisotopic (exact) mass is 442 g/mol. The predicted molar refractivity (Wildman–Crippen MR) is 109 cm³/mol. The van der Waals surface area contributed by atoms with Gasteiger partial charge >= 0.3 is 0 Å². The maximum absolute atomic E-state index is 12.4. The number of nitrogens with one attached hydrogen (secondary N) is 2. The van der Waals surface area contributed by atoms with Crippen LogP contribution in [0.15, 0.2) is 69.8 Å². The van der Waals surface area contributed by atoms with Crippen molar-refractivity contribution in [1.29, 1.82) is 0 Å². The molecular formula is C17H15ClN2O4S3. The van der Waals surface area contributed by atoms with Crippen LogP contribution < -0.4 is 9.44 Å². The van der Waals surface area contributed by atoms with E-state index in [4.69, 9.17) is 11.6 Å². The molecule has 0 saturated carbocycles. The van der Waals surface area contributed by atoms with E-state index in [0.717, 1.165) is 16.9 Å². The van der Waals surface area contributed by atoms with Crippen LogP contribution in [0.25, 0.3) is 0 Å². The standard InChI is InChI=1S/C17H15ClN2O4S3/c1-12-2-8-15(9-3-12)26(21,22)19-13-4-6-14(7-5-13)20-27(23,24)17-11-10-16(18)25-17/h2-11,19-20H,1H3. The predicted octanol–water partition coefficient (Wildman–Crippen LogP) is 4.31. The SMILES string of the molecule is Cc1ccc(S(=O)(=O)Nc2ccc(NS(=O)(=O)c3ccc(Cl)s3)cc2)cc1. The Labute approximate surface area is 166 Å². The molecule has 0 saturated heterocycles. The summed E-state index contributed by atoms with van der Waals surface area (Å²) in [5.74, 6) is 0. The number of benzene rings is 2. The average molecular weight is 443 g/mol. The molecule has 3 aromatic rings. The van der Waals surface area contributed by atoms with E-state index in [1.54, 1.807) is 12.1 Å². The Morgan fingerprint density at radius 1 is 0.741 bits per heavy atom. The second kappa shape index (κ2) is 7.51. The maximum Gasteiger partial charge on any atom is 0.271 e. The number of hydrogen-bond acceptors (Lipinski definition) is 5. The fraction of sp³-hybridized carbons (Fsp3) is 0.0588. The number of thiophene rings is 1. The Hall–Kier alpha value is -2.07. The van der Waals surface area contributed by atoms with E-state index >= 15 is 0 Å². The molecule has 142 valence electrons. The minimum Gasteiger partial charge on any atom is -0.280 e. The lowest BCUT2D eigenvalue weighted by atomic mass is 10.2. The van der Waals surface area contributed by atoms with Gasteiger partial charge in [0, 0.05) is 11.4 Å². The molecule has 10 heteroatoms. The van der Waals surface area contributed by atoms with E-state index in [1.165, 1.54) is 48.5 Å². The number of sulfonamides is 2. The highest BCUT2D eigenvalue weighted by atomic mass is 35.5. The van der Waals surface area contributed by atoms with Crippen LogP contribution >= 0.6 is 22.9 Å². The fourth-order valence-electron chi connectivity index (χ4n) is 2.19. The van der Waals surface area contributed by atoms with Crippen molar-refractivity contribution in [2.75, 3.05) is 9.44 Å². The molecule has 0 aliphatic carbocycles. The van der Waals surface area contributed by atoms with Crippen LogP contribution in [0.2, 0.25) is 4.34 Å². The molecule has 0 spiro atoms. The quantitative estimate of drug-likeness (QED) is 0.594. The Morgan fingerprint density at radius 3 is 1.74 bits per heavy atom. The van der Waals surface area contributed by atoms with Gasteiger partial charge in [0.1, 0.15) is 4.21 Å². The van der Waals surface area contributed by atoms with Crippen LogP contribution in [0.5, 0.6) is 0 Å². The van der Waals surface area contributed by atoms with Crippen molar-refractivity contribution in [3.05, 3.63) is 70.6 Å². The zero-order valence-corrected chi connectivity index (χ0v) is 17.2. The van der Waals surface area contributed by atoms with E-state index in [0.29, 0.717) is 15.7 Å². The lowest BCUT2D eigenvalue weighted by molar-refractivity contribution is 0.600. The number of hydrogen-bond donors (Lipinski definition) is 2. The highest BCUT2D eigenvalue weighted by Crippen LogP contribution is 2.27. The molecule has 0 bridgehead atoms. The third-order valence-electron chi connectivity index (χ3n) is 3.53. The highest BCUT2D eigenvalue weighted by Gasteiger charge is 2.17. The van der Waals surface area contributed by atoms with Gasteiger partial charge in [-0.1, -0.05) is 29.3 Å². The lowest BCUT2D eigenvalue weighted by Gasteiger charge is -2.10. The van der Waals surface area contributed by atoms with E-state index in [9.17, 15) is 16.8 Å². The summed E-state index contributed by atoms with van der Waals surface area (Å²) in [6.45, 7) is 1.87. The molecule has 0 aliphatic rings. The molecule has 2 N–H and O–H groups in total. The molecule has 0 amide bonds. The van der Waals surface area contributed by atoms with Crippen LogP contribution in [-0.4, -0.2) is 16.8 Å². The Bertz CT molecular complexity index is 1150. The minimum atomic E-state index is -3.74. The van der Waals surface area contributed by atoms with E-state index in [-0.39, 0.29) is 9.10 Å². The van der Waals surface area contributed by atoms with Gasteiger partial charge < -0.3 is 0 Å². The van der Waals surface area contributed by atoms with E-state index in [1.807, 2.05) is 6.92 Å². The van der Waals surface area contributed by atoms with Crippen molar-refractivity contribution in [2.45, 2.75) is 16.0 Å². The average Bonchev–Trinajstić information content (AvgIpc) is 3.04. The van der Waals surface area contributed by atoms with Crippen molar-refractivity contribution in [2.24, 2.45) is 0 Å². The summed E-state index contributed by atoms with van der Waals surface area (Å²) in [5, 5.41) is 0. The molecule has 1 heterocycles. The van der Waals surface area contributed by atoms with Crippen molar-refractivity contribution >= 4 is 54.4 Å². The van der Waals surface area contributed by atoms with Gasteiger partial charge in [0.05, 0.1) is 9.23 Å². The first-order valence-corrected chi connectivity index (χ1v) is 11.8. The Kier molecular flexibility index (Phi) is 5.48. The largest absolute Gasteiger partial charge is 0.280 e. The summed E-state index contributed by atoms with van der Waals surface area (Å²) in [6, 6.07) is 15.3. The van der Waals surface area contributed by atoms with Gasteiger partial charge in [0.15, 0.2) is 0 Å². The lowest BCUT2D eigenvalue weighted by Crippen LogP contribution is -2.13. The number of halogens is 1. The molecule has 0 unspecified atom stereocenters. The van der Waals surface area contributed by atoms with Gasteiger partial charge in [-0.05, 0) is 55.5 Å². The van der Waals surface area contributed by atoms with Crippen LogP contribution in [-0.2, 0) is 20.0 Å². The number of rotatable bonds is 6. The zero-order valence-electron chi connectivity index (χ0n) is 14.0. The van der Waals surface area contributed by atoms with Crippen molar-refractivity contribution in [1.82, 2.24) is 0 Å². The third kappa shape index (κ3) is 4.81. The van der Waals surface area contributed by atoms with Gasteiger partial charge in [-0.2, -0.15) is 0 Å². The van der Waals surface area contributed by atoms with Crippen LogP contribution in [0.4, 0.5) is 11.4 Å². The van der Waals surface area contributed by atoms with Gasteiger partial charge in [-0.3, -0.25) is 9.44 Å². The normalized spacial score (nSPS) is 11.9. The molecule has 1 aromatic heterocycles. The molecule has 0 fully saturated rings. The van der Waals surface area contributed by atoms with Gasteiger partial charge in [-0.15, -0.1) is 11.3 Å². The summed E-state index contributed by atoms with van der Waals surface area (Å²) < 4.78 is 54.6. The molecule has 3 rings (SSSR count).